The Morgan fingerprint density at radius 3 is 2.57 bits per heavy atom. The number of Topliss-reactive ketones (excluding diaryl/α,β-unsaturated/α-hetero) is 1. The average molecular weight is 391 g/mol. The molecule has 4 aliphatic rings. The number of allylic oxidation sites excluding steroid dienone is 1. The van der Waals surface area contributed by atoms with Crippen molar-refractivity contribution >= 4 is 11.6 Å². The van der Waals surface area contributed by atoms with E-state index in [1.165, 1.54) is 19.8 Å². The first-order chi connectivity index (χ1) is 13.3. The first-order valence-corrected chi connectivity index (χ1v) is 10.8. The number of carbonyl (C=O) groups excluding carboxylic acids is 2. The second kappa shape index (κ2) is 7.03. The van der Waals surface area contributed by atoms with Crippen molar-refractivity contribution in [1.82, 2.24) is 0 Å². The molecule has 0 saturated heterocycles. The average Bonchev–Trinajstić information content (AvgIpc) is 2.99. The summed E-state index contributed by atoms with van der Waals surface area (Å²) < 4.78 is 10.5. The Kier molecular flexibility index (Phi) is 5.08. The molecule has 3 saturated carbocycles. The van der Waals surface area contributed by atoms with Crippen LogP contribution in [0.25, 0.3) is 0 Å². The van der Waals surface area contributed by atoms with Crippen LogP contribution in [0.2, 0.25) is 0 Å². The Bertz CT molecular complexity index is 695. The van der Waals surface area contributed by atoms with E-state index in [1.54, 1.807) is 0 Å². The van der Waals surface area contributed by atoms with Crippen LogP contribution in [0.4, 0.5) is 0 Å². The van der Waals surface area contributed by atoms with Gasteiger partial charge in [0.1, 0.15) is 0 Å². The third-order valence-corrected chi connectivity index (χ3v) is 8.90. The van der Waals surface area contributed by atoms with Crippen LogP contribution < -0.4 is 0 Å². The molecule has 0 spiro atoms. The van der Waals surface area contributed by atoms with Crippen LogP contribution in [0.15, 0.2) is 11.6 Å². The zero-order valence-electron chi connectivity index (χ0n) is 17.6. The summed E-state index contributed by atoms with van der Waals surface area (Å²) in [5.41, 5.74) is 0.952. The van der Waals surface area contributed by atoms with Gasteiger partial charge in [-0.2, -0.15) is 0 Å². The molecule has 4 rings (SSSR count). The van der Waals surface area contributed by atoms with Gasteiger partial charge in [-0.05, 0) is 73.2 Å². The molecule has 1 N–H and O–H groups in total. The second-order valence-electron chi connectivity index (χ2n) is 10.0. The van der Waals surface area contributed by atoms with E-state index in [4.69, 9.17) is 9.47 Å². The SMILES string of the molecule is COC(OC)C(=O)C1CCC2C3CCC4=CC(=O)CCC4(C)C3C(O)CC12C. The minimum Gasteiger partial charge on any atom is -0.393 e. The highest BCUT2D eigenvalue weighted by molar-refractivity contribution is 5.91. The van der Waals surface area contributed by atoms with Crippen LogP contribution >= 0.6 is 0 Å². The fourth-order valence-corrected chi connectivity index (χ4v) is 7.65. The largest absolute Gasteiger partial charge is 0.393 e. The lowest BCUT2D eigenvalue weighted by atomic mass is 9.46. The maximum Gasteiger partial charge on any atom is 0.217 e. The van der Waals surface area contributed by atoms with Crippen molar-refractivity contribution in [2.75, 3.05) is 14.2 Å². The van der Waals surface area contributed by atoms with Crippen molar-refractivity contribution in [3.63, 3.8) is 0 Å². The number of fused-ring (bicyclic) bond motifs is 5. The number of hydrogen-bond donors (Lipinski definition) is 1. The summed E-state index contributed by atoms with van der Waals surface area (Å²) in [7, 11) is 3.01. The number of aliphatic hydroxyl groups is 1. The zero-order valence-corrected chi connectivity index (χ0v) is 17.6. The molecule has 5 heteroatoms. The van der Waals surface area contributed by atoms with Crippen molar-refractivity contribution in [3.05, 3.63) is 11.6 Å². The molecule has 3 fully saturated rings. The van der Waals surface area contributed by atoms with Crippen molar-refractivity contribution in [3.8, 4) is 0 Å². The van der Waals surface area contributed by atoms with Crippen molar-refractivity contribution in [1.29, 1.82) is 0 Å². The summed E-state index contributed by atoms with van der Waals surface area (Å²) in [5, 5.41) is 11.4. The predicted octanol–water partition coefficient (Wildman–Crippen LogP) is 3.29. The van der Waals surface area contributed by atoms with Gasteiger partial charge in [-0.25, -0.2) is 0 Å². The molecule has 0 aromatic rings. The summed E-state index contributed by atoms with van der Waals surface area (Å²) in [6.45, 7) is 4.46. The van der Waals surface area contributed by atoms with Gasteiger partial charge in [-0.15, -0.1) is 0 Å². The van der Waals surface area contributed by atoms with Crippen LogP contribution in [-0.2, 0) is 19.1 Å². The number of ether oxygens (including phenoxy) is 2. The maximum absolute atomic E-state index is 13.1. The van der Waals surface area contributed by atoms with E-state index in [1.807, 2.05) is 6.08 Å². The van der Waals surface area contributed by atoms with E-state index in [2.05, 4.69) is 13.8 Å². The molecule has 4 aliphatic carbocycles. The predicted molar refractivity (Wildman–Crippen MR) is 104 cm³/mol. The molecule has 0 radical (unpaired) electrons. The van der Waals surface area contributed by atoms with Gasteiger partial charge in [-0.3, -0.25) is 9.59 Å². The molecule has 0 amide bonds. The van der Waals surface area contributed by atoms with Gasteiger partial charge < -0.3 is 14.6 Å². The van der Waals surface area contributed by atoms with Crippen molar-refractivity contribution in [2.24, 2.45) is 34.5 Å². The molecule has 0 aromatic carbocycles. The van der Waals surface area contributed by atoms with E-state index >= 15 is 0 Å². The topological polar surface area (TPSA) is 72.8 Å². The fraction of sp³-hybridized carbons (Fsp3) is 0.826. The molecule has 28 heavy (non-hydrogen) atoms. The highest BCUT2D eigenvalue weighted by Crippen LogP contribution is 2.66. The standard InChI is InChI=1S/C23H34O5/c1-22-10-9-14(24)11-13(22)5-6-15-16-7-8-17(20(26)21(27-3)28-4)23(16,2)12-18(25)19(15)22/h11,15-19,21,25H,5-10,12H2,1-4H3. The minimum absolute atomic E-state index is 0.0199. The highest BCUT2D eigenvalue weighted by atomic mass is 16.7. The van der Waals surface area contributed by atoms with E-state index in [0.29, 0.717) is 24.7 Å². The van der Waals surface area contributed by atoms with Gasteiger partial charge in [0.25, 0.3) is 0 Å². The molecule has 0 bridgehead atoms. The number of carbonyl (C=O) groups is 2. The molecule has 5 nitrogen and oxygen atoms in total. The summed E-state index contributed by atoms with van der Waals surface area (Å²) in [6, 6.07) is 0. The monoisotopic (exact) mass is 390 g/mol. The smallest absolute Gasteiger partial charge is 0.217 e. The Labute approximate surface area is 167 Å². The summed E-state index contributed by atoms with van der Waals surface area (Å²) in [6.07, 6.45) is 6.50. The molecular formula is C23H34O5. The van der Waals surface area contributed by atoms with Gasteiger partial charge >= 0.3 is 0 Å². The number of hydrogen-bond acceptors (Lipinski definition) is 5. The van der Waals surface area contributed by atoms with Crippen LogP contribution in [0.1, 0.15) is 58.8 Å². The Morgan fingerprint density at radius 2 is 1.89 bits per heavy atom. The minimum atomic E-state index is -0.821. The first-order valence-electron chi connectivity index (χ1n) is 10.8. The number of aliphatic hydroxyl groups excluding tert-OH is 1. The van der Waals surface area contributed by atoms with Gasteiger partial charge in [0, 0.05) is 26.6 Å². The van der Waals surface area contributed by atoms with Crippen LogP contribution in [0, 0.1) is 34.5 Å². The van der Waals surface area contributed by atoms with Gasteiger partial charge in [-0.1, -0.05) is 19.4 Å². The summed E-state index contributed by atoms with van der Waals surface area (Å²) >= 11 is 0. The third kappa shape index (κ3) is 2.77. The van der Waals surface area contributed by atoms with Gasteiger partial charge in [0.05, 0.1) is 6.10 Å². The Morgan fingerprint density at radius 1 is 1.18 bits per heavy atom. The molecule has 7 unspecified atom stereocenters. The lowest BCUT2D eigenvalue weighted by molar-refractivity contribution is -0.172. The number of methoxy groups -OCH3 is 2. The van der Waals surface area contributed by atoms with Crippen LogP contribution in [0.3, 0.4) is 0 Å². The number of ketones is 2. The van der Waals surface area contributed by atoms with Gasteiger partial charge in [0.2, 0.25) is 6.29 Å². The highest BCUT2D eigenvalue weighted by Gasteiger charge is 2.63. The van der Waals surface area contributed by atoms with Crippen LogP contribution in [-0.4, -0.2) is 43.3 Å². The van der Waals surface area contributed by atoms with E-state index in [-0.39, 0.29) is 34.2 Å². The molecule has 7 atom stereocenters. The normalized spacial score (nSPS) is 45.3. The van der Waals surface area contributed by atoms with Crippen molar-refractivity contribution in [2.45, 2.75) is 71.2 Å². The van der Waals surface area contributed by atoms with E-state index in [9.17, 15) is 14.7 Å². The number of rotatable bonds is 4. The van der Waals surface area contributed by atoms with E-state index in [0.717, 1.165) is 32.1 Å². The van der Waals surface area contributed by atoms with Crippen LogP contribution in [0.5, 0.6) is 0 Å². The second-order valence-corrected chi connectivity index (χ2v) is 10.0. The van der Waals surface area contributed by atoms with Gasteiger partial charge in [0.15, 0.2) is 11.6 Å². The molecule has 156 valence electrons. The Hall–Kier alpha value is -1.04. The van der Waals surface area contributed by atoms with E-state index < -0.39 is 12.4 Å². The fourth-order valence-electron chi connectivity index (χ4n) is 7.65. The lowest BCUT2D eigenvalue weighted by Crippen LogP contribution is -2.57. The zero-order chi connectivity index (χ0) is 20.3. The first kappa shape index (κ1) is 20.2. The quantitative estimate of drug-likeness (QED) is 0.746. The molecule has 0 aromatic heterocycles. The molecule has 0 aliphatic heterocycles. The molecular weight excluding hydrogens is 356 g/mol. The maximum atomic E-state index is 13.1. The summed E-state index contributed by atoms with van der Waals surface area (Å²) in [4.78, 5) is 25.1. The lowest BCUT2D eigenvalue weighted by Gasteiger charge is -2.59. The third-order valence-electron chi connectivity index (χ3n) is 8.90. The van der Waals surface area contributed by atoms with Crippen molar-refractivity contribution < 1.29 is 24.2 Å². The summed E-state index contributed by atoms with van der Waals surface area (Å²) in [5.74, 6) is 1.15. The Balaban J connectivity index is 1.65. The molecule has 0 heterocycles.